The van der Waals surface area contributed by atoms with Crippen LogP contribution in [0.1, 0.15) is 27.7 Å². The van der Waals surface area contributed by atoms with Crippen molar-refractivity contribution in [1.82, 2.24) is 5.32 Å². The molecule has 0 unspecified atom stereocenters. The van der Waals surface area contributed by atoms with Crippen LogP contribution in [0.4, 0.5) is 0 Å². The van der Waals surface area contributed by atoms with Crippen LogP contribution in [-0.2, 0) is 14.4 Å². The molecule has 0 aromatic rings. The Labute approximate surface area is 100.0 Å². The van der Waals surface area contributed by atoms with Gasteiger partial charge in [0.25, 0.3) is 0 Å². The van der Waals surface area contributed by atoms with Gasteiger partial charge in [-0.25, -0.2) is 0 Å². The minimum absolute atomic E-state index is 0.0208. The lowest BCUT2D eigenvalue weighted by Crippen LogP contribution is -2.36. The van der Waals surface area contributed by atoms with Gasteiger partial charge in [-0.2, -0.15) is 0 Å². The molecule has 0 aromatic heterocycles. The molecule has 0 rings (SSSR count). The normalized spacial score (nSPS) is 13.1. The van der Waals surface area contributed by atoms with E-state index in [0.29, 0.717) is 0 Å². The lowest BCUT2D eigenvalue weighted by atomic mass is 10.1. The van der Waals surface area contributed by atoms with E-state index in [1.807, 2.05) is 0 Å². The molecule has 0 saturated heterocycles. The van der Waals surface area contributed by atoms with Gasteiger partial charge >= 0.3 is 11.9 Å². The summed E-state index contributed by atoms with van der Waals surface area (Å²) in [5, 5.41) is 18.6. The third kappa shape index (κ3) is 10.6. The first-order valence-electron chi connectivity index (χ1n) is 5.07. The molecule has 0 saturated carbocycles. The Kier molecular flexibility index (Phi) is 8.89. The van der Waals surface area contributed by atoms with Crippen LogP contribution in [0.25, 0.3) is 0 Å². The Morgan fingerprint density at radius 1 is 1.06 bits per heavy atom. The predicted octanol–water partition coefficient (Wildman–Crippen LogP) is -0.350. The van der Waals surface area contributed by atoms with E-state index in [1.165, 1.54) is 13.8 Å². The standard InChI is InChI=1S/C5H9NO3.C5H11NO2/c1-3(5(8)9)6-4(2)7;1-3(2)4(6)5(7)8/h3H,1-2H3,(H,6,7)(H,8,9);3-4H,6H2,1-2H3,(H,7,8)/t3-;4-/m00/s1. The van der Waals surface area contributed by atoms with Gasteiger partial charge in [-0.1, -0.05) is 13.8 Å². The molecule has 1 amide bonds. The highest BCUT2D eigenvalue weighted by Gasteiger charge is 2.14. The van der Waals surface area contributed by atoms with E-state index in [-0.39, 0.29) is 11.8 Å². The highest BCUT2D eigenvalue weighted by molar-refractivity contribution is 5.81. The fourth-order valence-corrected chi connectivity index (χ4v) is 0.652. The lowest BCUT2D eigenvalue weighted by Gasteiger charge is -2.07. The van der Waals surface area contributed by atoms with Crippen molar-refractivity contribution in [3.63, 3.8) is 0 Å². The van der Waals surface area contributed by atoms with E-state index in [4.69, 9.17) is 15.9 Å². The van der Waals surface area contributed by atoms with Crippen LogP contribution in [0, 0.1) is 5.92 Å². The second-order valence-corrected chi connectivity index (χ2v) is 3.87. The molecule has 100 valence electrons. The summed E-state index contributed by atoms with van der Waals surface area (Å²) in [4.78, 5) is 30.2. The highest BCUT2D eigenvalue weighted by atomic mass is 16.4. The van der Waals surface area contributed by atoms with Gasteiger partial charge in [-0.15, -0.1) is 0 Å². The molecule has 0 spiro atoms. The molecular formula is C10H20N2O5. The number of nitrogens with one attached hydrogen (secondary N) is 1. The third-order valence-electron chi connectivity index (χ3n) is 1.79. The number of aliphatic carboxylic acids is 2. The smallest absolute Gasteiger partial charge is 0.325 e. The van der Waals surface area contributed by atoms with Gasteiger partial charge in [0, 0.05) is 6.92 Å². The maximum Gasteiger partial charge on any atom is 0.325 e. The van der Waals surface area contributed by atoms with Crippen molar-refractivity contribution in [2.24, 2.45) is 11.7 Å². The number of rotatable bonds is 4. The van der Waals surface area contributed by atoms with E-state index in [2.05, 4.69) is 5.32 Å². The van der Waals surface area contributed by atoms with Crippen molar-refractivity contribution in [3.8, 4) is 0 Å². The lowest BCUT2D eigenvalue weighted by molar-refractivity contribution is -0.141. The number of carboxylic acids is 2. The molecule has 0 heterocycles. The van der Waals surface area contributed by atoms with Crippen LogP contribution in [-0.4, -0.2) is 40.1 Å². The van der Waals surface area contributed by atoms with Crippen molar-refractivity contribution in [2.75, 3.05) is 0 Å². The van der Waals surface area contributed by atoms with E-state index < -0.39 is 24.0 Å². The fraction of sp³-hybridized carbons (Fsp3) is 0.700. The van der Waals surface area contributed by atoms with Crippen LogP contribution in [0.2, 0.25) is 0 Å². The summed E-state index contributed by atoms with van der Waals surface area (Å²) < 4.78 is 0. The average Bonchev–Trinajstić information content (AvgIpc) is 2.15. The Balaban J connectivity index is 0. The summed E-state index contributed by atoms with van der Waals surface area (Å²) in [6, 6.07) is -1.50. The molecule has 0 aliphatic heterocycles. The first kappa shape index (κ1) is 17.8. The maximum absolute atomic E-state index is 10.2. The Morgan fingerprint density at radius 3 is 1.53 bits per heavy atom. The van der Waals surface area contributed by atoms with Crippen LogP contribution >= 0.6 is 0 Å². The molecule has 5 N–H and O–H groups in total. The van der Waals surface area contributed by atoms with E-state index in [1.54, 1.807) is 13.8 Å². The van der Waals surface area contributed by atoms with E-state index >= 15 is 0 Å². The number of nitrogens with two attached hydrogens (primary N) is 1. The first-order valence-corrected chi connectivity index (χ1v) is 5.07. The zero-order valence-corrected chi connectivity index (χ0v) is 10.4. The minimum Gasteiger partial charge on any atom is -0.480 e. The second-order valence-electron chi connectivity index (χ2n) is 3.87. The van der Waals surface area contributed by atoms with Crippen molar-refractivity contribution in [3.05, 3.63) is 0 Å². The number of hydrogen-bond donors (Lipinski definition) is 4. The fourth-order valence-electron chi connectivity index (χ4n) is 0.652. The second kappa shape index (κ2) is 8.51. The summed E-state index contributed by atoms with van der Waals surface area (Å²) in [5.74, 6) is -2.26. The van der Waals surface area contributed by atoms with Crippen molar-refractivity contribution < 1.29 is 24.6 Å². The van der Waals surface area contributed by atoms with Crippen molar-refractivity contribution >= 4 is 17.8 Å². The van der Waals surface area contributed by atoms with Crippen LogP contribution < -0.4 is 11.1 Å². The minimum atomic E-state index is -1.02. The molecule has 2 atom stereocenters. The quantitative estimate of drug-likeness (QED) is 0.538. The van der Waals surface area contributed by atoms with Gasteiger partial charge in [-0.05, 0) is 12.8 Å². The van der Waals surface area contributed by atoms with Crippen LogP contribution in [0.3, 0.4) is 0 Å². The zero-order valence-electron chi connectivity index (χ0n) is 10.4. The summed E-state index contributed by atoms with van der Waals surface area (Å²) >= 11 is 0. The van der Waals surface area contributed by atoms with Crippen molar-refractivity contribution in [1.29, 1.82) is 0 Å². The first-order chi connectivity index (χ1) is 7.59. The molecule has 0 aliphatic carbocycles. The number of carboxylic acid groups (broad SMARTS) is 2. The Morgan fingerprint density at radius 2 is 1.47 bits per heavy atom. The predicted molar refractivity (Wildman–Crippen MR) is 61.4 cm³/mol. The van der Waals surface area contributed by atoms with Gasteiger partial charge in [0.15, 0.2) is 0 Å². The highest BCUT2D eigenvalue weighted by Crippen LogP contribution is 1.96. The van der Waals surface area contributed by atoms with Gasteiger partial charge in [0.05, 0.1) is 0 Å². The third-order valence-corrected chi connectivity index (χ3v) is 1.79. The molecular weight excluding hydrogens is 228 g/mol. The SMILES string of the molecule is CC(=O)N[C@@H](C)C(=O)O.CC(C)[C@H](N)C(=O)O. The average molecular weight is 248 g/mol. The van der Waals surface area contributed by atoms with Gasteiger partial charge < -0.3 is 21.3 Å². The summed E-state index contributed by atoms with van der Waals surface area (Å²) in [6.07, 6.45) is 0. The van der Waals surface area contributed by atoms with Crippen LogP contribution in [0.5, 0.6) is 0 Å². The maximum atomic E-state index is 10.2. The van der Waals surface area contributed by atoms with Crippen molar-refractivity contribution in [2.45, 2.75) is 39.8 Å². The molecule has 0 bridgehead atoms. The van der Waals surface area contributed by atoms with E-state index in [0.717, 1.165) is 0 Å². The van der Waals surface area contributed by atoms with E-state index in [9.17, 15) is 14.4 Å². The Hall–Kier alpha value is -1.63. The monoisotopic (exact) mass is 248 g/mol. The molecule has 17 heavy (non-hydrogen) atoms. The summed E-state index contributed by atoms with van der Waals surface area (Å²) in [7, 11) is 0. The number of carbonyl (C=O) groups is 3. The number of hydrogen-bond acceptors (Lipinski definition) is 4. The molecule has 7 heteroatoms. The number of amides is 1. The molecule has 0 aromatic carbocycles. The molecule has 7 nitrogen and oxygen atoms in total. The summed E-state index contributed by atoms with van der Waals surface area (Å²) in [5.41, 5.74) is 5.16. The summed E-state index contributed by atoms with van der Waals surface area (Å²) in [6.45, 7) is 6.24. The Bertz CT molecular complexity index is 278. The van der Waals surface area contributed by atoms with Crippen LogP contribution in [0.15, 0.2) is 0 Å². The number of carbonyl (C=O) groups excluding carboxylic acids is 1. The molecule has 0 radical (unpaired) electrons. The van der Waals surface area contributed by atoms with Gasteiger partial charge in [0.2, 0.25) is 5.91 Å². The topological polar surface area (TPSA) is 130 Å². The van der Waals surface area contributed by atoms with Gasteiger partial charge in [-0.3, -0.25) is 14.4 Å². The zero-order chi connectivity index (χ0) is 14.2. The molecule has 0 fully saturated rings. The van der Waals surface area contributed by atoms with Gasteiger partial charge in [0.1, 0.15) is 12.1 Å². The molecule has 0 aliphatic rings. The largest absolute Gasteiger partial charge is 0.480 e.